The minimum atomic E-state index is -0.677. The van der Waals surface area contributed by atoms with Gasteiger partial charge in [0.1, 0.15) is 0 Å². The van der Waals surface area contributed by atoms with Gasteiger partial charge in [-0.05, 0) is 51.9 Å². The minimum Gasteiger partial charge on any atom is -0.481 e. The van der Waals surface area contributed by atoms with Crippen molar-refractivity contribution in [2.45, 2.75) is 142 Å². The molecule has 4 nitrogen and oxygen atoms in total. The number of carboxylic acids is 1. The molecule has 0 fully saturated rings. The van der Waals surface area contributed by atoms with E-state index in [0.29, 0.717) is 13.0 Å². The average molecular weight is 453 g/mol. The van der Waals surface area contributed by atoms with Gasteiger partial charge in [-0.15, -0.1) is 0 Å². The maximum absolute atomic E-state index is 12.2. The van der Waals surface area contributed by atoms with Crippen LogP contribution in [-0.2, 0) is 14.3 Å². The van der Waals surface area contributed by atoms with Gasteiger partial charge in [0.2, 0.25) is 0 Å². The third kappa shape index (κ3) is 21.9. The molecule has 0 aliphatic rings. The van der Waals surface area contributed by atoms with E-state index in [4.69, 9.17) is 9.84 Å². The van der Waals surface area contributed by atoms with Gasteiger partial charge in [0.15, 0.2) is 0 Å². The van der Waals surface area contributed by atoms with Gasteiger partial charge in [0.05, 0.1) is 12.5 Å². The number of carboxylic acid groups (broad SMARTS) is 1. The average Bonchev–Trinajstić information content (AvgIpc) is 2.77. The van der Waals surface area contributed by atoms with E-state index in [-0.39, 0.29) is 11.9 Å². The van der Waals surface area contributed by atoms with Gasteiger partial charge in [0.25, 0.3) is 0 Å². The molecule has 0 heterocycles. The Hall–Kier alpha value is -1.32. The van der Waals surface area contributed by atoms with E-state index in [1.807, 2.05) is 6.92 Å². The summed E-state index contributed by atoms with van der Waals surface area (Å²) in [5.74, 6) is -0.542. The third-order valence-electron chi connectivity index (χ3n) is 6.13. The molecule has 0 spiro atoms. The van der Waals surface area contributed by atoms with Gasteiger partial charge < -0.3 is 9.84 Å². The summed E-state index contributed by atoms with van der Waals surface area (Å²) in [7, 11) is 0. The number of allylic oxidation sites excluding steroid dienone is 2. The van der Waals surface area contributed by atoms with Crippen molar-refractivity contribution in [3.05, 3.63) is 12.2 Å². The van der Waals surface area contributed by atoms with Crippen molar-refractivity contribution in [2.24, 2.45) is 5.92 Å². The van der Waals surface area contributed by atoms with E-state index in [9.17, 15) is 9.59 Å². The summed E-state index contributed by atoms with van der Waals surface area (Å²) in [6.07, 6.45) is 27.1. The first-order valence-corrected chi connectivity index (χ1v) is 13.6. The van der Waals surface area contributed by atoms with Crippen LogP contribution in [0.4, 0.5) is 0 Å². The second-order valence-electron chi connectivity index (χ2n) is 9.17. The Morgan fingerprint density at radius 1 is 0.688 bits per heavy atom. The predicted molar refractivity (Wildman–Crippen MR) is 135 cm³/mol. The Morgan fingerprint density at radius 2 is 1.16 bits per heavy atom. The Morgan fingerprint density at radius 3 is 1.66 bits per heavy atom. The summed E-state index contributed by atoms with van der Waals surface area (Å²) in [6.45, 7) is 4.61. The molecular weight excluding hydrogens is 400 g/mol. The lowest BCUT2D eigenvalue weighted by molar-refractivity contribution is -0.148. The fraction of sp³-hybridized carbons (Fsp3) is 0.857. The zero-order chi connectivity index (χ0) is 23.7. The summed E-state index contributed by atoms with van der Waals surface area (Å²) < 4.78 is 5.28. The normalized spacial score (nSPS) is 12.3. The highest BCUT2D eigenvalue weighted by atomic mass is 16.5. The monoisotopic (exact) mass is 452 g/mol. The molecule has 0 saturated carbocycles. The van der Waals surface area contributed by atoms with Crippen LogP contribution in [0.25, 0.3) is 0 Å². The number of hydrogen-bond donors (Lipinski definition) is 1. The van der Waals surface area contributed by atoms with Crippen LogP contribution in [0.3, 0.4) is 0 Å². The first-order valence-electron chi connectivity index (χ1n) is 13.6. The lowest BCUT2D eigenvalue weighted by Gasteiger charge is -2.15. The van der Waals surface area contributed by atoms with Crippen LogP contribution in [0.2, 0.25) is 0 Å². The number of rotatable bonds is 24. The van der Waals surface area contributed by atoms with Crippen LogP contribution < -0.4 is 0 Å². The van der Waals surface area contributed by atoms with E-state index < -0.39 is 5.97 Å². The van der Waals surface area contributed by atoms with Gasteiger partial charge in [-0.25, -0.2) is 0 Å². The fourth-order valence-electron chi connectivity index (χ4n) is 4.12. The quantitative estimate of drug-likeness (QED) is 0.0904. The molecule has 0 aliphatic carbocycles. The van der Waals surface area contributed by atoms with Crippen molar-refractivity contribution in [2.75, 3.05) is 6.61 Å². The van der Waals surface area contributed by atoms with Crippen LogP contribution >= 0.6 is 0 Å². The maximum atomic E-state index is 12.2. The van der Waals surface area contributed by atoms with Crippen molar-refractivity contribution in [1.29, 1.82) is 0 Å². The molecule has 188 valence electrons. The molecule has 1 unspecified atom stereocenters. The highest BCUT2D eigenvalue weighted by molar-refractivity contribution is 5.72. The van der Waals surface area contributed by atoms with Crippen LogP contribution in [0, 0.1) is 5.92 Å². The summed E-state index contributed by atoms with van der Waals surface area (Å²) in [4.78, 5) is 22.6. The molecule has 0 bridgehead atoms. The Kier molecular flexibility index (Phi) is 23.3. The molecule has 0 rings (SSSR count). The molecule has 4 heteroatoms. The number of carbonyl (C=O) groups is 2. The minimum absolute atomic E-state index is 0.0222. The van der Waals surface area contributed by atoms with Crippen LogP contribution in [-0.4, -0.2) is 23.7 Å². The Balaban J connectivity index is 3.55. The number of unbranched alkanes of at least 4 members (excludes halogenated alkanes) is 14. The molecule has 0 aromatic carbocycles. The molecule has 0 amide bonds. The first kappa shape index (κ1) is 30.7. The van der Waals surface area contributed by atoms with Gasteiger partial charge in [-0.1, -0.05) is 96.1 Å². The summed E-state index contributed by atoms with van der Waals surface area (Å²) >= 11 is 0. The number of carbonyl (C=O) groups excluding carboxylic acids is 1. The van der Waals surface area contributed by atoms with Crippen LogP contribution in [0.15, 0.2) is 12.2 Å². The second-order valence-corrected chi connectivity index (χ2v) is 9.17. The van der Waals surface area contributed by atoms with Gasteiger partial charge in [0, 0.05) is 6.42 Å². The van der Waals surface area contributed by atoms with E-state index in [1.165, 1.54) is 70.6 Å². The smallest absolute Gasteiger partial charge is 0.308 e. The number of esters is 1. The van der Waals surface area contributed by atoms with Crippen molar-refractivity contribution in [3.8, 4) is 0 Å². The summed E-state index contributed by atoms with van der Waals surface area (Å²) in [6, 6.07) is 0. The topological polar surface area (TPSA) is 63.6 Å². The zero-order valence-electron chi connectivity index (χ0n) is 21.3. The number of ether oxygens (including phenoxy) is 1. The Bertz CT molecular complexity index is 458. The molecule has 1 N–H and O–H groups in total. The first-order chi connectivity index (χ1) is 15.6. The van der Waals surface area contributed by atoms with Crippen molar-refractivity contribution >= 4 is 11.9 Å². The van der Waals surface area contributed by atoms with E-state index in [0.717, 1.165) is 51.4 Å². The number of aliphatic carboxylic acids is 1. The Labute approximate surface area is 198 Å². The molecular formula is C28H52O4. The molecule has 32 heavy (non-hydrogen) atoms. The third-order valence-corrected chi connectivity index (χ3v) is 6.13. The van der Waals surface area contributed by atoms with Crippen LogP contribution in [0.5, 0.6) is 0 Å². The molecule has 0 radical (unpaired) electrons. The van der Waals surface area contributed by atoms with Gasteiger partial charge in [-0.2, -0.15) is 0 Å². The largest absolute Gasteiger partial charge is 0.481 e. The second kappa shape index (κ2) is 24.3. The van der Waals surface area contributed by atoms with Crippen molar-refractivity contribution < 1.29 is 19.4 Å². The summed E-state index contributed by atoms with van der Waals surface area (Å²) in [5.41, 5.74) is 0. The molecule has 0 aromatic rings. The van der Waals surface area contributed by atoms with E-state index in [2.05, 4.69) is 19.1 Å². The van der Waals surface area contributed by atoms with Crippen LogP contribution in [0.1, 0.15) is 142 Å². The number of hydrogen-bond acceptors (Lipinski definition) is 3. The highest BCUT2D eigenvalue weighted by Gasteiger charge is 2.18. The zero-order valence-corrected chi connectivity index (χ0v) is 21.3. The molecule has 0 saturated heterocycles. The lowest BCUT2D eigenvalue weighted by atomic mass is 9.94. The van der Waals surface area contributed by atoms with E-state index >= 15 is 0 Å². The summed E-state index contributed by atoms with van der Waals surface area (Å²) in [5, 5.41) is 8.60. The van der Waals surface area contributed by atoms with E-state index in [1.54, 1.807) is 0 Å². The molecule has 0 aromatic heterocycles. The molecule has 0 aliphatic heterocycles. The SMILES string of the molecule is CCCCCCC(CCCCCCCC/C=C\CCCCCCCC(=O)O)C(=O)OCC. The standard InChI is InChI=1S/C28H52O4/c1-3-5-6-20-23-26(28(31)32-4-2)24-21-18-16-14-12-10-8-7-9-11-13-15-17-19-22-25-27(29)30/h7,9,26H,3-6,8,10-25H2,1-2H3,(H,29,30)/b9-7-. The lowest BCUT2D eigenvalue weighted by Crippen LogP contribution is -2.18. The highest BCUT2D eigenvalue weighted by Crippen LogP contribution is 2.20. The maximum Gasteiger partial charge on any atom is 0.308 e. The van der Waals surface area contributed by atoms with Gasteiger partial charge in [-0.3, -0.25) is 9.59 Å². The van der Waals surface area contributed by atoms with Gasteiger partial charge >= 0.3 is 11.9 Å². The fourth-order valence-corrected chi connectivity index (χ4v) is 4.12. The van der Waals surface area contributed by atoms with Crippen molar-refractivity contribution in [1.82, 2.24) is 0 Å². The van der Waals surface area contributed by atoms with Crippen molar-refractivity contribution in [3.63, 3.8) is 0 Å². The predicted octanol–water partition coefficient (Wildman–Crippen LogP) is 8.63. The molecule has 1 atom stereocenters.